The number of fused-ring (bicyclic) bond motifs is 9. The van der Waals surface area contributed by atoms with Crippen LogP contribution in [0, 0.1) is 20.5 Å². The third-order valence-electron chi connectivity index (χ3n) is 8.04. The van der Waals surface area contributed by atoms with Crippen molar-refractivity contribution in [2.75, 3.05) is 0 Å². The van der Waals surface area contributed by atoms with Crippen molar-refractivity contribution in [2.45, 2.75) is 0 Å². The van der Waals surface area contributed by atoms with E-state index in [4.69, 9.17) is 42.3 Å². The van der Waals surface area contributed by atoms with Crippen LogP contribution in [0.2, 0.25) is 0 Å². The van der Waals surface area contributed by atoms with E-state index in [1.807, 2.05) is 78.9 Å². The second-order valence-corrected chi connectivity index (χ2v) is 13.3. The van der Waals surface area contributed by atoms with Crippen molar-refractivity contribution >= 4 is 55.0 Å². The summed E-state index contributed by atoms with van der Waals surface area (Å²) in [5, 5.41) is 4.55. The van der Waals surface area contributed by atoms with E-state index in [0.717, 1.165) is 77.5 Å². The zero-order valence-electron chi connectivity index (χ0n) is 30.1. The quantitative estimate of drug-likeness (QED) is 0.151. The Morgan fingerprint density at radius 3 is 0.949 bits per heavy atom. The summed E-state index contributed by atoms with van der Waals surface area (Å²) in [4.78, 5) is 31.1. The van der Waals surface area contributed by atoms with Crippen LogP contribution < -0.4 is 37.3 Å². The molecule has 6 heterocycles. The molecule has 0 unspecified atom stereocenters. The minimum atomic E-state index is -4.94. The maximum atomic E-state index is 8.49. The molecule has 0 fully saturated rings. The second kappa shape index (κ2) is 20.2. The Kier molecular flexibility index (Phi) is 15.2. The largest absolute Gasteiger partial charge is 2.00 e. The summed E-state index contributed by atoms with van der Waals surface area (Å²) < 4.78 is 67.9. The van der Waals surface area contributed by atoms with Gasteiger partial charge >= 0.3 is 19.5 Å². The molecule has 296 valence electrons. The number of hydrogen-bond donors (Lipinski definition) is 0. The number of pyridine rings is 6. The molecule has 0 atom stereocenters. The molecule has 10 rings (SSSR count). The monoisotopic (exact) mass is 917 g/mol. The molecule has 1 aliphatic rings. The van der Waals surface area contributed by atoms with Crippen molar-refractivity contribution in [2.24, 2.45) is 4.99 Å². The summed E-state index contributed by atoms with van der Waals surface area (Å²) in [6.45, 7) is 0. The topological polar surface area (TPSA) is 274 Å². The van der Waals surface area contributed by atoms with Gasteiger partial charge in [0.2, 0.25) is 0 Å². The summed E-state index contributed by atoms with van der Waals surface area (Å²) in [6.07, 6.45) is 10.8. The number of aliphatic imine (C=N–C) groups is 1. The summed E-state index contributed by atoms with van der Waals surface area (Å²) in [7, 11) is -9.89. The summed E-state index contributed by atoms with van der Waals surface area (Å²) in [5.74, 6) is 0. The normalized spacial score (nSPS) is 11.2. The summed E-state index contributed by atoms with van der Waals surface area (Å²) >= 11 is 0. The molecule has 6 aromatic heterocycles. The third kappa shape index (κ3) is 12.6. The Labute approximate surface area is 352 Å². The fourth-order valence-corrected chi connectivity index (χ4v) is 5.83. The van der Waals surface area contributed by atoms with Crippen molar-refractivity contribution < 1.29 is 77.2 Å². The first-order valence-corrected chi connectivity index (χ1v) is 19.3. The first-order chi connectivity index (χ1) is 27.8. The van der Waals surface area contributed by atoms with Gasteiger partial charge in [-0.1, -0.05) is 66.7 Å². The van der Waals surface area contributed by atoms with Gasteiger partial charge in [0.25, 0.3) is 0 Å². The summed E-state index contributed by atoms with van der Waals surface area (Å²) in [5.41, 5.74) is 9.72. The molecule has 0 aliphatic heterocycles. The number of benzene rings is 3. The van der Waals surface area contributed by atoms with Gasteiger partial charge in [-0.05, 0) is 60.7 Å². The number of rotatable bonds is 1. The molecule has 0 radical (unpaired) electrons. The first kappa shape index (κ1) is 44.3. The van der Waals surface area contributed by atoms with Crippen LogP contribution in [0.15, 0.2) is 170 Å². The molecule has 0 saturated carbocycles. The number of aromatic nitrogens is 6. The van der Waals surface area contributed by atoms with E-state index in [0.29, 0.717) is 0 Å². The predicted octanol–water partition coefficient (Wildman–Crippen LogP) is -0.322. The van der Waals surface area contributed by atoms with Crippen LogP contribution in [-0.4, -0.2) is 35.6 Å². The van der Waals surface area contributed by atoms with E-state index >= 15 is 0 Å². The Balaban J connectivity index is 0.000000152. The van der Waals surface area contributed by atoms with Gasteiger partial charge in [-0.3, -0.25) is 29.9 Å². The van der Waals surface area contributed by atoms with Crippen molar-refractivity contribution in [1.82, 2.24) is 29.9 Å². The van der Waals surface area contributed by atoms with E-state index in [9.17, 15) is 0 Å². The molecular weight excluding hydrogens is 890 g/mol. The molecule has 18 heteroatoms. The van der Waals surface area contributed by atoms with Gasteiger partial charge < -0.3 is 0 Å². The Bertz CT molecular complexity index is 2540. The molecule has 9 aromatic rings. The van der Waals surface area contributed by atoms with E-state index < -0.39 is 20.5 Å². The Morgan fingerprint density at radius 2 is 0.627 bits per heavy atom. The average molecular weight is 918 g/mol. The zero-order chi connectivity index (χ0) is 41.1. The van der Waals surface area contributed by atoms with Crippen LogP contribution in [0.4, 0.5) is 5.69 Å². The van der Waals surface area contributed by atoms with Gasteiger partial charge in [0.15, 0.2) is 0 Å². The predicted molar refractivity (Wildman–Crippen MR) is 193 cm³/mol. The van der Waals surface area contributed by atoms with E-state index in [-0.39, 0.29) is 19.5 Å². The Morgan fingerprint density at radius 1 is 0.339 bits per heavy atom. The molecule has 3 aromatic carbocycles. The smallest absolute Gasteiger partial charge is 0.254 e. The maximum Gasteiger partial charge on any atom is 2.00 e. The van der Waals surface area contributed by atoms with Crippen LogP contribution in [0.1, 0.15) is 11.1 Å². The Hall–Kier alpha value is -5.85. The van der Waals surface area contributed by atoms with Crippen LogP contribution in [0.5, 0.6) is 0 Å². The molecule has 0 spiro atoms. The molecule has 0 saturated heterocycles. The number of para-hydroxylation sites is 1. The molecule has 0 N–H and O–H groups in total. The molecular formula is C41H27Cl2N7O8Ru. The van der Waals surface area contributed by atoms with Gasteiger partial charge in [-0.25, -0.2) is 42.3 Å². The van der Waals surface area contributed by atoms with Crippen LogP contribution in [0.3, 0.4) is 0 Å². The molecule has 15 nitrogen and oxygen atoms in total. The minimum absolute atomic E-state index is 0. The van der Waals surface area contributed by atoms with Gasteiger partial charge in [-0.2, -0.15) is 0 Å². The first-order valence-electron chi connectivity index (χ1n) is 16.8. The van der Waals surface area contributed by atoms with E-state index in [1.54, 1.807) is 37.2 Å². The van der Waals surface area contributed by atoms with Crippen LogP contribution in [0.25, 0.3) is 55.0 Å². The standard InChI is InChI=1S/C17H11N3.2C12H8N2.2ClHO4.Ru/c1-2-6-12(7-3-1)20-15-13-8-4-10-18-16(13)17-14(15)9-5-11-19-17;2*1-3-9-5-6-10-4-2-8-14-12(10)11(9)13-7-1;2*2-1(3,4)5;/h1-11H;2*1-8H;2*(H,2,3,4,5);/q;;;;;+2/p-2. The average Bonchev–Trinajstić information content (AvgIpc) is 3.53. The maximum absolute atomic E-state index is 8.49. The summed E-state index contributed by atoms with van der Waals surface area (Å²) in [6, 6.07) is 42.2. The van der Waals surface area contributed by atoms with Crippen molar-refractivity contribution in [1.29, 1.82) is 0 Å². The van der Waals surface area contributed by atoms with Crippen LogP contribution >= 0.6 is 0 Å². The second-order valence-electron chi connectivity index (χ2n) is 11.8. The van der Waals surface area contributed by atoms with Gasteiger partial charge in [0.05, 0.1) is 44.9 Å². The third-order valence-corrected chi connectivity index (χ3v) is 8.04. The number of hydrogen-bond acceptors (Lipinski definition) is 15. The molecule has 59 heavy (non-hydrogen) atoms. The molecule has 0 bridgehead atoms. The zero-order valence-corrected chi connectivity index (χ0v) is 33.3. The fraction of sp³-hybridized carbons (Fsp3) is 0. The van der Waals surface area contributed by atoms with Crippen molar-refractivity contribution in [3.63, 3.8) is 0 Å². The number of halogens is 2. The van der Waals surface area contributed by atoms with E-state index in [2.05, 4.69) is 78.4 Å². The van der Waals surface area contributed by atoms with E-state index in [1.165, 1.54) is 0 Å². The fourth-order valence-electron chi connectivity index (χ4n) is 5.83. The van der Waals surface area contributed by atoms with Crippen molar-refractivity contribution in [3.05, 3.63) is 176 Å². The van der Waals surface area contributed by atoms with Crippen LogP contribution in [-0.2, 0) is 19.5 Å². The number of nitrogens with zero attached hydrogens (tertiary/aromatic N) is 7. The molecule has 1 aliphatic carbocycles. The SMILES string of the molecule is [O-][Cl+3]([O-])([O-])[O-].[O-][Cl+3]([O-])([O-])[O-].[Ru+2].c1ccc(N=C2c3cccnc3-c3ncccc32)cc1.c1cnc2c(c1)ccc1cccnc12.c1cnc2c(c1)ccc1cccnc12. The van der Waals surface area contributed by atoms with Gasteiger partial charge in [-0.15, -0.1) is 20.5 Å². The van der Waals surface area contributed by atoms with Crippen molar-refractivity contribution in [3.8, 4) is 11.4 Å². The van der Waals surface area contributed by atoms with Gasteiger partial charge in [0.1, 0.15) is 0 Å². The van der Waals surface area contributed by atoms with Gasteiger partial charge in [0, 0.05) is 69.9 Å². The molecule has 0 amide bonds. The minimum Gasteiger partial charge on any atom is -0.254 e.